The van der Waals surface area contributed by atoms with Crippen molar-refractivity contribution in [3.05, 3.63) is 25.5 Å². The van der Waals surface area contributed by atoms with E-state index in [2.05, 4.69) is 4.98 Å². The van der Waals surface area contributed by atoms with Crippen LogP contribution < -0.4 is 0 Å². The molecule has 1 rings (SSSR count). The van der Waals surface area contributed by atoms with Gasteiger partial charge in [0.25, 0.3) is 6.43 Å². The summed E-state index contributed by atoms with van der Waals surface area (Å²) in [5.41, 5.74) is -0.262. The van der Waals surface area contributed by atoms with Gasteiger partial charge in [-0.1, -0.05) is 23.2 Å². The molecule has 0 fully saturated rings. The zero-order valence-electron chi connectivity index (χ0n) is 5.49. The Kier molecular flexibility index (Phi) is 3.48. The van der Waals surface area contributed by atoms with Crippen molar-refractivity contribution >= 4 is 45.8 Å². The molecule has 0 radical (unpaired) electrons. The second-order valence-corrected chi connectivity index (χ2v) is 3.84. The summed E-state index contributed by atoms with van der Waals surface area (Å²) in [6, 6.07) is 1.34. The molecule has 1 aromatic heterocycles. The van der Waals surface area contributed by atoms with E-state index in [9.17, 15) is 8.78 Å². The van der Waals surface area contributed by atoms with Crippen LogP contribution in [0.5, 0.6) is 0 Å². The summed E-state index contributed by atoms with van der Waals surface area (Å²) in [6.45, 7) is 0. The third-order valence-electron chi connectivity index (χ3n) is 1.15. The molecular weight excluding hydrogens is 322 g/mol. The number of alkyl halides is 2. The van der Waals surface area contributed by atoms with Gasteiger partial charge in [-0.2, -0.15) is 0 Å². The summed E-state index contributed by atoms with van der Waals surface area (Å²) < 4.78 is 24.8. The Balaban J connectivity index is 3.28. The van der Waals surface area contributed by atoms with Crippen LogP contribution in [0.3, 0.4) is 0 Å². The van der Waals surface area contributed by atoms with Crippen molar-refractivity contribution in [2.75, 3.05) is 0 Å². The number of pyridine rings is 1. The van der Waals surface area contributed by atoms with Gasteiger partial charge >= 0.3 is 0 Å². The fourth-order valence-corrected chi connectivity index (χ4v) is 2.30. The minimum absolute atomic E-state index is 0.119. The first-order chi connectivity index (χ1) is 5.52. The molecule has 1 heterocycles. The van der Waals surface area contributed by atoms with Crippen molar-refractivity contribution in [3.63, 3.8) is 0 Å². The van der Waals surface area contributed by atoms with Gasteiger partial charge in [0.1, 0.15) is 10.3 Å². The summed E-state index contributed by atoms with van der Waals surface area (Å²) in [5, 5.41) is -0.115. The Bertz CT molecular complexity index is 283. The van der Waals surface area contributed by atoms with Crippen LogP contribution in [0, 0.1) is 3.57 Å². The predicted octanol–water partition coefficient (Wildman–Crippen LogP) is 3.93. The first-order valence-electron chi connectivity index (χ1n) is 2.82. The van der Waals surface area contributed by atoms with Crippen LogP contribution in [-0.2, 0) is 0 Å². The molecule has 0 unspecified atom stereocenters. The fourth-order valence-electron chi connectivity index (χ4n) is 0.661. The molecule has 0 saturated carbocycles. The third kappa shape index (κ3) is 2.17. The van der Waals surface area contributed by atoms with Crippen molar-refractivity contribution in [3.8, 4) is 0 Å². The lowest BCUT2D eigenvalue weighted by Crippen LogP contribution is -1.93. The predicted molar refractivity (Wildman–Crippen MR) is 51.9 cm³/mol. The van der Waals surface area contributed by atoms with Gasteiger partial charge in [-0.25, -0.2) is 13.8 Å². The Hall–Kier alpha value is 0.320. The summed E-state index contributed by atoms with van der Waals surface area (Å²) in [6.07, 6.45) is -2.62. The molecule has 0 spiro atoms. The minimum Gasteiger partial charge on any atom is -0.224 e. The van der Waals surface area contributed by atoms with E-state index >= 15 is 0 Å². The topological polar surface area (TPSA) is 12.9 Å². The number of aromatic nitrogens is 1. The molecule has 66 valence electrons. The normalized spacial score (nSPS) is 10.8. The maximum absolute atomic E-state index is 12.2. The van der Waals surface area contributed by atoms with Crippen LogP contribution >= 0.6 is 45.8 Å². The number of rotatable bonds is 1. The maximum atomic E-state index is 12.2. The van der Waals surface area contributed by atoms with Gasteiger partial charge in [-0.3, -0.25) is 0 Å². The average molecular weight is 324 g/mol. The molecule has 0 aliphatic carbocycles. The second kappa shape index (κ2) is 4.02. The molecule has 0 aromatic carbocycles. The van der Waals surface area contributed by atoms with Crippen LogP contribution in [0.15, 0.2) is 6.07 Å². The van der Waals surface area contributed by atoms with E-state index in [-0.39, 0.29) is 15.9 Å². The number of nitrogens with zero attached hydrogens (tertiary/aromatic N) is 1. The zero-order valence-corrected chi connectivity index (χ0v) is 9.16. The Morgan fingerprint density at radius 1 is 1.42 bits per heavy atom. The molecule has 1 nitrogen and oxygen atoms in total. The van der Waals surface area contributed by atoms with Crippen molar-refractivity contribution < 1.29 is 8.78 Å². The highest BCUT2D eigenvalue weighted by atomic mass is 127. The van der Waals surface area contributed by atoms with Gasteiger partial charge in [-0.05, 0) is 28.7 Å². The van der Waals surface area contributed by atoms with Gasteiger partial charge in [0, 0.05) is 3.57 Å². The number of hydrogen-bond acceptors (Lipinski definition) is 1. The first-order valence-corrected chi connectivity index (χ1v) is 4.65. The van der Waals surface area contributed by atoms with Crippen molar-refractivity contribution in [2.45, 2.75) is 6.43 Å². The minimum atomic E-state index is -2.62. The lowest BCUT2D eigenvalue weighted by Gasteiger charge is -2.04. The number of halogens is 5. The molecule has 0 aliphatic heterocycles. The third-order valence-corrected chi connectivity index (χ3v) is 2.52. The highest BCUT2D eigenvalue weighted by Gasteiger charge is 2.17. The van der Waals surface area contributed by atoms with Crippen LogP contribution in [0.25, 0.3) is 0 Å². The van der Waals surface area contributed by atoms with E-state index in [1.165, 1.54) is 6.07 Å². The van der Waals surface area contributed by atoms with Gasteiger partial charge < -0.3 is 0 Å². The molecule has 0 saturated heterocycles. The molecule has 0 aliphatic rings. The molecule has 1 aromatic rings. The van der Waals surface area contributed by atoms with Gasteiger partial charge in [0.15, 0.2) is 0 Å². The molecule has 0 N–H and O–H groups in total. The quantitative estimate of drug-likeness (QED) is 0.563. The summed E-state index contributed by atoms with van der Waals surface area (Å²) in [7, 11) is 0. The highest BCUT2D eigenvalue weighted by Crippen LogP contribution is 2.31. The van der Waals surface area contributed by atoms with E-state index in [1.54, 1.807) is 22.6 Å². The largest absolute Gasteiger partial charge is 0.267 e. The van der Waals surface area contributed by atoms with Crippen LogP contribution in [0.4, 0.5) is 8.78 Å². The SMILES string of the molecule is FC(F)c1c(I)cc(Cl)nc1Cl. The second-order valence-electron chi connectivity index (χ2n) is 1.93. The molecule has 12 heavy (non-hydrogen) atoms. The van der Waals surface area contributed by atoms with Gasteiger partial charge in [-0.15, -0.1) is 0 Å². The summed E-state index contributed by atoms with van der Waals surface area (Å²) in [5.74, 6) is 0. The molecular formula is C6H2Cl2F2IN. The van der Waals surface area contributed by atoms with E-state index in [1.807, 2.05) is 0 Å². The van der Waals surface area contributed by atoms with Gasteiger partial charge in [0.2, 0.25) is 0 Å². The lowest BCUT2D eigenvalue weighted by molar-refractivity contribution is 0.150. The van der Waals surface area contributed by atoms with E-state index in [4.69, 9.17) is 23.2 Å². The van der Waals surface area contributed by atoms with E-state index in [0.29, 0.717) is 3.57 Å². The van der Waals surface area contributed by atoms with Crippen LogP contribution in [-0.4, -0.2) is 4.98 Å². The van der Waals surface area contributed by atoms with Crippen molar-refractivity contribution in [1.29, 1.82) is 0 Å². The molecule has 0 atom stereocenters. The van der Waals surface area contributed by atoms with Crippen molar-refractivity contribution in [2.24, 2.45) is 0 Å². The Morgan fingerprint density at radius 3 is 2.42 bits per heavy atom. The highest BCUT2D eigenvalue weighted by molar-refractivity contribution is 14.1. The van der Waals surface area contributed by atoms with E-state index in [0.717, 1.165) is 0 Å². The summed E-state index contributed by atoms with van der Waals surface area (Å²) >= 11 is 12.7. The van der Waals surface area contributed by atoms with Crippen LogP contribution in [0.2, 0.25) is 10.3 Å². The average Bonchev–Trinajstić information content (AvgIpc) is 1.82. The Morgan fingerprint density at radius 2 is 2.00 bits per heavy atom. The first kappa shape index (κ1) is 10.4. The molecule has 0 bridgehead atoms. The smallest absolute Gasteiger partial charge is 0.224 e. The standard InChI is InChI=1S/C6H2Cl2F2IN/c7-3-1-2(11)4(6(9)10)5(8)12-3/h1,6H. The van der Waals surface area contributed by atoms with Crippen LogP contribution in [0.1, 0.15) is 12.0 Å². The number of hydrogen-bond donors (Lipinski definition) is 0. The van der Waals surface area contributed by atoms with E-state index < -0.39 is 6.43 Å². The lowest BCUT2D eigenvalue weighted by atomic mass is 10.3. The summed E-state index contributed by atoms with van der Waals surface area (Å²) in [4.78, 5) is 3.50. The molecule has 6 heteroatoms. The molecule has 0 amide bonds. The van der Waals surface area contributed by atoms with Gasteiger partial charge in [0.05, 0.1) is 5.56 Å². The zero-order chi connectivity index (χ0) is 9.30. The fraction of sp³-hybridized carbons (Fsp3) is 0.167. The Labute approximate surface area is 91.2 Å². The van der Waals surface area contributed by atoms with Crippen molar-refractivity contribution in [1.82, 2.24) is 4.98 Å². The maximum Gasteiger partial charge on any atom is 0.267 e. The monoisotopic (exact) mass is 323 g/mol.